The summed E-state index contributed by atoms with van der Waals surface area (Å²) >= 11 is 0. The lowest BCUT2D eigenvalue weighted by atomic mass is 9.80. The molecule has 0 aromatic carbocycles. The Bertz CT molecular complexity index is 1900. The third kappa shape index (κ3) is 4.43. The second kappa shape index (κ2) is 10.6. The molecule has 0 saturated heterocycles. The highest BCUT2D eigenvalue weighted by molar-refractivity contribution is 6.18. The lowest BCUT2D eigenvalue weighted by Crippen LogP contribution is -2.43. The largest absolute Gasteiger partial charge is 0.469 e. The highest BCUT2D eigenvalue weighted by Gasteiger charge is 2.53. The van der Waals surface area contributed by atoms with E-state index in [4.69, 9.17) is 19.4 Å². The van der Waals surface area contributed by atoms with Crippen molar-refractivity contribution in [3.63, 3.8) is 0 Å². The van der Waals surface area contributed by atoms with Crippen molar-refractivity contribution in [2.45, 2.75) is 90.3 Å². The number of cyclic esters (lactones) is 2. The van der Waals surface area contributed by atoms with E-state index in [0.717, 1.165) is 16.8 Å². The maximum absolute atomic E-state index is 13.5. The van der Waals surface area contributed by atoms with Crippen LogP contribution in [0.25, 0.3) is 22.2 Å². The Labute approximate surface area is 260 Å². The van der Waals surface area contributed by atoms with Gasteiger partial charge in [-0.3, -0.25) is 9.78 Å². The summed E-state index contributed by atoms with van der Waals surface area (Å²) in [6, 6.07) is 5.28. The van der Waals surface area contributed by atoms with Crippen molar-refractivity contribution in [1.82, 2.24) is 19.9 Å². The molecule has 2 aromatic rings. The van der Waals surface area contributed by atoms with Crippen LogP contribution in [0.5, 0.6) is 0 Å². The predicted octanol–water partition coefficient (Wildman–Crippen LogP) is 5.34. The summed E-state index contributed by atoms with van der Waals surface area (Å²) < 4.78 is 10.2. The van der Waals surface area contributed by atoms with Gasteiger partial charge >= 0.3 is 17.9 Å². The van der Waals surface area contributed by atoms with Gasteiger partial charge in [-0.1, -0.05) is 20.8 Å². The molecule has 45 heavy (non-hydrogen) atoms. The Kier molecular flexibility index (Phi) is 7.24. The van der Waals surface area contributed by atoms with Gasteiger partial charge in [-0.2, -0.15) is 0 Å². The van der Waals surface area contributed by atoms with Crippen molar-refractivity contribution in [2.75, 3.05) is 7.11 Å². The molecule has 6 heterocycles. The molecule has 2 unspecified atom stereocenters. The average Bonchev–Trinajstić information content (AvgIpc) is 3.64. The molecule has 236 valence electrons. The second-order valence-corrected chi connectivity index (χ2v) is 12.4. The van der Waals surface area contributed by atoms with E-state index in [1.165, 1.54) is 14.0 Å². The number of ether oxygens (including phenoxy) is 2. The topological polar surface area (TPSA) is 167 Å². The highest BCUT2D eigenvalue weighted by Crippen LogP contribution is 2.48. The molecule has 0 saturated carbocycles. The molecule has 0 aliphatic carbocycles. The number of hydrogen-bond acceptors (Lipinski definition) is 9. The molecular formula is C34H38N4O7. The lowest BCUT2D eigenvalue weighted by molar-refractivity contribution is -0.149. The Morgan fingerprint density at radius 3 is 2.40 bits per heavy atom. The first-order chi connectivity index (χ1) is 21.3. The van der Waals surface area contributed by atoms with E-state index >= 15 is 0 Å². The quantitative estimate of drug-likeness (QED) is 0.257. The Hall–Kier alpha value is -4.35. The van der Waals surface area contributed by atoms with E-state index < -0.39 is 23.1 Å². The summed E-state index contributed by atoms with van der Waals surface area (Å²) in [5.41, 5.74) is 3.15. The zero-order chi connectivity index (χ0) is 32.6. The van der Waals surface area contributed by atoms with Crippen LogP contribution < -0.4 is 0 Å². The first-order valence-electron chi connectivity index (χ1n) is 15.3. The molecule has 6 rings (SSSR count). The number of aryl methyl sites for hydroxylation is 1. The molecular weight excluding hydrogens is 576 g/mol. The number of nitrogens with one attached hydrogen (secondary N) is 2. The van der Waals surface area contributed by atoms with Crippen LogP contribution in [0, 0.1) is 6.92 Å². The van der Waals surface area contributed by atoms with Crippen LogP contribution in [0.15, 0.2) is 18.2 Å². The summed E-state index contributed by atoms with van der Waals surface area (Å²) in [6.45, 7) is 11.1. The molecule has 2 aromatic heterocycles. The van der Waals surface area contributed by atoms with Crippen molar-refractivity contribution in [2.24, 2.45) is 0 Å². The van der Waals surface area contributed by atoms with Crippen molar-refractivity contribution < 1.29 is 34.1 Å². The molecule has 11 nitrogen and oxygen atoms in total. The smallest absolute Gasteiger partial charge is 0.349 e. The predicted molar refractivity (Wildman–Crippen MR) is 166 cm³/mol. The summed E-state index contributed by atoms with van der Waals surface area (Å²) in [5.74, 6) is -2.44. The number of aliphatic hydroxyl groups is 2. The molecule has 4 atom stereocenters. The number of carbonyl (C=O) groups excluding carboxylic acids is 3. The minimum Gasteiger partial charge on any atom is -0.469 e. The number of H-pyrrole nitrogens is 2. The van der Waals surface area contributed by atoms with Gasteiger partial charge in [0.15, 0.2) is 0 Å². The monoisotopic (exact) mass is 614 g/mol. The van der Waals surface area contributed by atoms with Gasteiger partial charge in [0.05, 0.1) is 41.0 Å². The molecule has 4 N–H and O–H groups in total. The normalized spacial score (nSPS) is 24.9. The van der Waals surface area contributed by atoms with E-state index in [0.29, 0.717) is 41.0 Å². The minimum absolute atomic E-state index is 0.127. The minimum atomic E-state index is -1.75. The van der Waals surface area contributed by atoms with Crippen LogP contribution in [0.4, 0.5) is 0 Å². The SMILES string of the molecule is CCC1=C(C)c2cc3[nH]c(c4c5[nH]c(cc6nc(cc1n2)C(C)(O)C6(O)CC)c(C)c5C(=O)OC4=O)[C@@H](CCC(=O)OC)[C@@H]3C. The van der Waals surface area contributed by atoms with Gasteiger partial charge in [-0.05, 0) is 74.9 Å². The Balaban J connectivity index is 1.79. The Morgan fingerprint density at radius 2 is 1.73 bits per heavy atom. The van der Waals surface area contributed by atoms with Gasteiger partial charge in [-0.15, -0.1) is 0 Å². The lowest BCUT2D eigenvalue weighted by Gasteiger charge is -2.34. The maximum atomic E-state index is 13.5. The first kappa shape index (κ1) is 30.7. The number of esters is 3. The van der Waals surface area contributed by atoms with Crippen molar-refractivity contribution in [3.8, 4) is 0 Å². The van der Waals surface area contributed by atoms with Gasteiger partial charge in [0, 0.05) is 35.2 Å². The van der Waals surface area contributed by atoms with Crippen LogP contribution >= 0.6 is 0 Å². The Morgan fingerprint density at radius 1 is 1.02 bits per heavy atom. The summed E-state index contributed by atoms with van der Waals surface area (Å²) in [5, 5.41) is 23.7. The molecule has 4 aliphatic heterocycles. The van der Waals surface area contributed by atoms with E-state index in [1.54, 1.807) is 26.0 Å². The molecule has 4 aliphatic rings. The van der Waals surface area contributed by atoms with Gasteiger partial charge < -0.3 is 29.7 Å². The molecule has 0 spiro atoms. The van der Waals surface area contributed by atoms with E-state index in [-0.39, 0.29) is 58.7 Å². The van der Waals surface area contributed by atoms with Gasteiger partial charge in [0.25, 0.3) is 0 Å². The fourth-order valence-corrected chi connectivity index (χ4v) is 7.14. The molecule has 0 radical (unpaired) electrons. The van der Waals surface area contributed by atoms with Gasteiger partial charge in [0.1, 0.15) is 16.8 Å². The van der Waals surface area contributed by atoms with Crippen molar-refractivity contribution >= 4 is 40.1 Å². The maximum Gasteiger partial charge on any atom is 0.349 e. The number of fused-ring (bicyclic) bond motifs is 8. The molecule has 0 fully saturated rings. The number of hydrogen-bond donors (Lipinski definition) is 4. The number of aromatic nitrogens is 4. The number of methoxy groups -OCH3 is 1. The van der Waals surface area contributed by atoms with Crippen molar-refractivity contribution in [1.29, 1.82) is 0 Å². The number of nitrogens with zero attached hydrogens (tertiary/aromatic N) is 2. The first-order valence-corrected chi connectivity index (χ1v) is 15.3. The summed E-state index contributed by atoms with van der Waals surface area (Å²) in [6.07, 6.45) is 1.34. The number of allylic oxidation sites excluding steroid dienone is 2. The third-order valence-corrected chi connectivity index (χ3v) is 10.1. The van der Waals surface area contributed by atoms with Crippen LogP contribution in [0.2, 0.25) is 0 Å². The fourth-order valence-electron chi connectivity index (χ4n) is 7.14. The van der Waals surface area contributed by atoms with Gasteiger partial charge in [-0.25, -0.2) is 14.6 Å². The fraction of sp³-hybridized carbons (Fsp3) is 0.441. The van der Waals surface area contributed by atoms with Crippen LogP contribution in [-0.4, -0.2) is 55.2 Å². The summed E-state index contributed by atoms with van der Waals surface area (Å²) in [4.78, 5) is 55.2. The zero-order valence-corrected chi connectivity index (χ0v) is 26.5. The standard InChI is InChI=1S/C34H38N4O7/c1-8-18-15(3)20-12-21-16(4)19(10-11-26(39)44-7)29(36-21)28-30-27(31(40)45-32(28)41)17(5)22(37-30)13-25-34(43,9-2)33(6,42)24(38-25)14-23(18)35-20/h12-14,16,19,36-37,42-43H,8-11H2,1-7H3/t16-,19-,33?,34?/m0/s1. The number of carbonyl (C=O) groups is 3. The highest BCUT2D eigenvalue weighted by atomic mass is 16.6. The third-order valence-electron chi connectivity index (χ3n) is 10.1. The van der Waals surface area contributed by atoms with E-state index in [9.17, 15) is 24.6 Å². The van der Waals surface area contributed by atoms with Crippen LogP contribution in [-0.2, 0) is 25.5 Å². The van der Waals surface area contributed by atoms with Crippen LogP contribution in [0.1, 0.15) is 133 Å². The molecule has 8 bridgehead atoms. The van der Waals surface area contributed by atoms with E-state index in [1.807, 2.05) is 26.8 Å². The van der Waals surface area contributed by atoms with Gasteiger partial charge in [0.2, 0.25) is 0 Å². The van der Waals surface area contributed by atoms with Crippen molar-refractivity contribution in [3.05, 3.63) is 69.1 Å². The number of aromatic amines is 2. The molecule has 0 amide bonds. The zero-order valence-electron chi connectivity index (χ0n) is 26.5. The molecule has 11 heteroatoms. The van der Waals surface area contributed by atoms with Crippen LogP contribution in [0.3, 0.4) is 0 Å². The second-order valence-electron chi connectivity index (χ2n) is 12.4. The number of rotatable bonds is 5. The average molecular weight is 615 g/mol. The summed E-state index contributed by atoms with van der Waals surface area (Å²) in [7, 11) is 1.34. The van der Waals surface area contributed by atoms with E-state index in [2.05, 4.69) is 9.97 Å².